The fourth-order valence-corrected chi connectivity index (χ4v) is 3.05. The number of hydrogen-bond acceptors (Lipinski definition) is 4. The third-order valence-corrected chi connectivity index (χ3v) is 4.43. The standard InChI is InChI=1S/C20H18N2O3S/c1-12-8-9-13(2)16(10-12)22-19(24)15(18(23)21-20(22)26)11-14-6-4-5-7-17(14)25-3/h4-11H,1-3H3,(H,21,23,26)/b15-11+. The Morgan fingerprint density at radius 3 is 2.58 bits per heavy atom. The van der Waals surface area contributed by atoms with Gasteiger partial charge in [-0.1, -0.05) is 30.3 Å². The molecule has 0 spiro atoms. The third-order valence-electron chi connectivity index (χ3n) is 4.15. The van der Waals surface area contributed by atoms with E-state index in [0.29, 0.717) is 17.0 Å². The van der Waals surface area contributed by atoms with Gasteiger partial charge < -0.3 is 4.74 Å². The fraction of sp³-hybridized carbons (Fsp3) is 0.150. The van der Waals surface area contributed by atoms with Crippen molar-refractivity contribution in [3.8, 4) is 5.75 Å². The van der Waals surface area contributed by atoms with E-state index >= 15 is 0 Å². The Balaban J connectivity index is 2.09. The van der Waals surface area contributed by atoms with E-state index in [4.69, 9.17) is 17.0 Å². The summed E-state index contributed by atoms with van der Waals surface area (Å²) in [5.41, 5.74) is 3.18. The average molecular weight is 366 g/mol. The summed E-state index contributed by atoms with van der Waals surface area (Å²) in [4.78, 5) is 26.8. The lowest BCUT2D eigenvalue weighted by Crippen LogP contribution is -2.54. The highest BCUT2D eigenvalue weighted by Crippen LogP contribution is 2.27. The Bertz CT molecular complexity index is 950. The number of benzene rings is 2. The Morgan fingerprint density at radius 2 is 1.85 bits per heavy atom. The Morgan fingerprint density at radius 1 is 1.12 bits per heavy atom. The molecule has 0 atom stereocenters. The zero-order valence-electron chi connectivity index (χ0n) is 14.7. The second-order valence-corrected chi connectivity index (χ2v) is 6.38. The van der Waals surface area contributed by atoms with E-state index in [2.05, 4.69) is 5.32 Å². The predicted molar refractivity (Wildman–Crippen MR) is 105 cm³/mol. The van der Waals surface area contributed by atoms with Gasteiger partial charge in [0.25, 0.3) is 11.8 Å². The lowest BCUT2D eigenvalue weighted by molar-refractivity contribution is -0.122. The Kier molecular flexibility index (Phi) is 4.86. The van der Waals surface area contributed by atoms with E-state index in [0.717, 1.165) is 11.1 Å². The van der Waals surface area contributed by atoms with Gasteiger partial charge in [0.15, 0.2) is 5.11 Å². The average Bonchev–Trinajstić information content (AvgIpc) is 2.61. The van der Waals surface area contributed by atoms with Crippen molar-refractivity contribution < 1.29 is 14.3 Å². The van der Waals surface area contributed by atoms with Crippen LogP contribution in [0.5, 0.6) is 5.75 Å². The quantitative estimate of drug-likeness (QED) is 0.515. The maximum absolute atomic E-state index is 13.1. The van der Waals surface area contributed by atoms with Crippen LogP contribution in [-0.2, 0) is 9.59 Å². The van der Waals surface area contributed by atoms with Crippen LogP contribution in [0.2, 0.25) is 0 Å². The maximum Gasteiger partial charge on any atom is 0.270 e. The van der Waals surface area contributed by atoms with Gasteiger partial charge in [-0.15, -0.1) is 0 Å². The number of methoxy groups -OCH3 is 1. The van der Waals surface area contributed by atoms with Crippen LogP contribution in [0.25, 0.3) is 6.08 Å². The molecular formula is C20H18N2O3S. The number of ether oxygens (including phenoxy) is 1. The predicted octanol–water partition coefficient (Wildman–Crippen LogP) is 3.14. The number of anilines is 1. The molecule has 6 heteroatoms. The number of rotatable bonds is 3. The molecule has 0 radical (unpaired) electrons. The van der Waals surface area contributed by atoms with Crippen molar-refractivity contribution in [2.45, 2.75) is 13.8 Å². The first-order valence-electron chi connectivity index (χ1n) is 8.04. The van der Waals surface area contributed by atoms with Crippen LogP contribution in [0.1, 0.15) is 16.7 Å². The molecule has 1 aliphatic heterocycles. The summed E-state index contributed by atoms with van der Waals surface area (Å²) < 4.78 is 5.30. The molecule has 2 aromatic carbocycles. The topological polar surface area (TPSA) is 58.6 Å². The first kappa shape index (κ1) is 17.8. The molecule has 0 saturated carbocycles. The summed E-state index contributed by atoms with van der Waals surface area (Å²) in [6.07, 6.45) is 1.52. The summed E-state index contributed by atoms with van der Waals surface area (Å²) in [7, 11) is 1.54. The maximum atomic E-state index is 13.1. The van der Waals surface area contributed by atoms with Crippen LogP contribution in [-0.4, -0.2) is 24.0 Å². The van der Waals surface area contributed by atoms with Crippen LogP contribution in [0.15, 0.2) is 48.0 Å². The minimum Gasteiger partial charge on any atom is -0.496 e. The molecular weight excluding hydrogens is 348 g/mol. The Labute approximate surface area is 157 Å². The van der Waals surface area contributed by atoms with Gasteiger partial charge >= 0.3 is 0 Å². The molecule has 0 aromatic heterocycles. The van der Waals surface area contributed by atoms with Gasteiger partial charge in [-0.05, 0) is 55.4 Å². The van der Waals surface area contributed by atoms with Crippen LogP contribution < -0.4 is 15.0 Å². The van der Waals surface area contributed by atoms with E-state index in [-0.39, 0.29) is 10.7 Å². The van der Waals surface area contributed by atoms with Gasteiger partial charge in [0.1, 0.15) is 11.3 Å². The van der Waals surface area contributed by atoms with E-state index < -0.39 is 11.8 Å². The highest BCUT2D eigenvalue weighted by Gasteiger charge is 2.35. The van der Waals surface area contributed by atoms with Gasteiger partial charge in [-0.3, -0.25) is 19.8 Å². The molecule has 1 fully saturated rings. The van der Waals surface area contributed by atoms with Crippen molar-refractivity contribution in [2.24, 2.45) is 0 Å². The number of nitrogens with zero attached hydrogens (tertiary/aromatic N) is 1. The zero-order valence-corrected chi connectivity index (χ0v) is 15.5. The molecule has 1 heterocycles. The summed E-state index contributed by atoms with van der Waals surface area (Å²) in [5.74, 6) is -0.405. The van der Waals surface area contributed by atoms with Crippen molar-refractivity contribution in [3.05, 3.63) is 64.7 Å². The summed E-state index contributed by atoms with van der Waals surface area (Å²) in [5, 5.41) is 2.68. The molecule has 1 saturated heterocycles. The molecule has 2 aromatic rings. The molecule has 3 rings (SSSR count). The van der Waals surface area contributed by atoms with Crippen LogP contribution >= 0.6 is 12.2 Å². The molecule has 26 heavy (non-hydrogen) atoms. The number of carbonyl (C=O) groups excluding carboxylic acids is 2. The van der Waals surface area contributed by atoms with Crippen molar-refractivity contribution in [1.82, 2.24) is 5.32 Å². The molecule has 1 N–H and O–H groups in total. The largest absolute Gasteiger partial charge is 0.496 e. The van der Waals surface area contributed by atoms with Crippen LogP contribution in [0, 0.1) is 13.8 Å². The fourth-order valence-electron chi connectivity index (χ4n) is 2.78. The second-order valence-electron chi connectivity index (χ2n) is 5.99. The number of hydrogen-bond donors (Lipinski definition) is 1. The Hall–Kier alpha value is -2.99. The third kappa shape index (κ3) is 3.23. The monoisotopic (exact) mass is 366 g/mol. The summed E-state index contributed by atoms with van der Waals surface area (Å²) >= 11 is 5.25. The number of nitrogens with one attached hydrogen (secondary N) is 1. The molecule has 132 valence electrons. The lowest BCUT2D eigenvalue weighted by atomic mass is 10.0. The van der Waals surface area contributed by atoms with Gasteiger partial charge in [0.2, 0.25) is 0 Å². The smallest absolute Gasteiger partial charge is 0.270 e. The first-order valence-corrected chi connectivity index (χ1v) is 8.45. The van der Waals surface area contributed by atoms with Gasteiger partial charge in [-0.25, -0.2) is 0 Å². The SMILES string of the molecule is COc1ccccc1/C=C1\C(=O)NC(=S)N(c2cc(C)ccc2C)C1=O. The number of para-hydroxylation sites is 1. The zero-order chi connectivity index (χ0) is 18.8. The van der Waals surface area contributed by atoms with E-state index in [1.54, 1.807) is 12.1 Å². The van der Waals surface area contributed by atoms with Crippen LogP contribution in [0.4, 0.5) is 5.69 Å². The normalized spacial score (nSPS) is 16.0. The molecule has 0 unspecified atom stereocenters. The number of aryl methyl sites for hydroxylation is 2. The molecule has 0 bridgehead atoms. The van der Waals surface area contributed by atoms with Gasteiger partial charge in [0.05, 0.1) is 12.8 Å². The highest BCUT2D eigenvalue weighted by molar-refractivity contribution is 7.80. The minimum atomic E-state index is -0.521. The van der Waals surface area contributed by atoms with Crippen molar-refractivity contribution in [2.75, 3.05) is 12.0 Å². The van der Waals surface area contributed by atoms with Crippen molar-refractivity contribution in [1.29, 1.82) is 0 Å². The number of amides is 2. The molecule has 5 nitrogen and oxygen atoms in total. The van der Waals surface area contributed by atoms with E-state index in [1.807, 2.05) is 44.2 Å². The van der Waals surface area contributed by atoms with Gasteiger partial charge in [0, 0.05) is 5.56 Å². The molecule has 2 amide bonds. The number of carbonyl (C=O) groups is 2. The second kappa shape index (κ2) is 7.09. The minimum absolute atomic E-state index is 0.00371. The molecule has 1 aliphatic rings. The molecule has 0 aliphatic carbocycles. The summed E-state index contributed by atoms with van der Waals surface area (Å²) in [6, 6.07) is 12.9. The summed E-state index contributed by atoms with van der Waals surface area (Å²) in [6.45, 7) is 3.83. The first-order chi connectivity index (χ1) is 12.4. The van der Waals surface area contributed by atoms with Crippen LogP contribution in [0.3, 0.4) is 0 Å². The van der Waals surface area contributed by atoms with Crippen molar-refractivity contribution in [3.63, 3.8) is 0 Å². The lowest BCUT2D eigenvalue weighted by Gasteiger charge is -2.30. The van der Waals surface area contributed by atoms with Gasteiger partial charge in [-0.2, -0.15) is 0 Å². The van der Waals surface area contributed by atoms with E-state index in [9.17, 15) is 9.59 Å². The number of thiocarbonyl (C=S) groups is 1. The van der Waals surface area contributed by atoms with E-state index in [1.165, 1.54) is 18.1 Å². The van der Waals surface area contributed by atoms with Crippen molar-refractivity contribution >= 4 is 40.9 Å². The highest BCUT2D eigenvalue weighted by atomic mass is 32.1.